The summed E-state index contributed by atoms with van der Waals surface area (Å²) in [5.41, 5.74) is 5.09. The highest BCUT2D eigenvalue weighted by Gasteiger charge is 2.19. The number of hydrogen-bond donors (Lipinski definition) is 0. The molecule has 9 aromatic rings. The molecule has 196 valence electrons. The molecule has 0 aliphatic carbocycles. The van der Waals surface area contributed by atoms with Crippen LogP contribution in [-0.4, -0.2) is 0 Å². The van der Waals surface area contributed by atoms with Crippen molar-refractivity contribution < 1.29 is 4.42 Å². The van der Waals surface area contributed by atoms with Gasteiger partial charge in [-0.1, -0.05) is 109 Å². The van der Waals surface area contributed by atoms with Crippen molar-refractivity contribution in [3.8, 4) is 0 Å². The molecule has 2 nitrogen and oxygen atoms in total. The van der Waals surface area contributed by atoms with Crippen molar-refractivity contribution in [1.29, 1.82) is 0 Å². The number of fused-ring (bicyclic) bond motifs is 10. The normalized spacial score (nSPS) is 11.8. The van der Waals surface area contributed by atoms with Crippen LogP contribution in [0.1, 0.15) is 0 Å². The Morgan fingerprint density at radius 3 is 1.86 bits per heavy atom. The number of hydrogen-bond acceptors (Lipinski definition) is 2. The Morgan fingerprint density at radius 2 is 0.976 bits per heavy atom. The van der Waals surface area contributed by atoms with Gasteiger partial charge >= 0.3 is 0 Å². The molecule has 42 heavy (non-hydrogen) atoms. The van der Waals surface area contributed by atoms with Crippen molar-refractivity contribution in [3.63, 3.8) is 0 Å². The highest BCUT2D eigenvalue weighted by Crippen LogP contribution is 2.43. The minimum absolute atomic E-state index is 0.886. The van der Waals surface area contributed by atoms with Crippen molar-refractivity contribution in [2.45, 2.75) is 0 Å². The molecule has 2 heteroatoms. The van der Waals surface area contributed by atoms with E-state index in [1.54, 1.807) is 0 Å². The first kappa shape index (κ1) is 23.1. The first-order valence-corrected chi connectivity index (χ1v) is 14.4. The van der Waals surface area contributed by atoms with Gasteiger partial charge in [0.25, 0.3) is 0 Å². The van der Waals surface area contributed by atoms with Crippen molar-refractivity contribution in [1.82, 2.24) is 0 Å². The molecule has 0 radical (unpaired) electrons. The first-order chi connectivity index (χ1) is 20.8. The van der Waals surface area contributed by atoms with Crippen LogP contribution < -0.4 is 4.90 Å². The van der Waals surface area contributed by atoms with E-state index in [2.05, 4.69) is 157 Å². The Bertz CT molecular complexity index is 2470. The van der Waals surface area contributed by atoms with Gasteiger partial charge in [-0.05, 0) is 74.1 Å². The number of benzene rings is 8. The first-order valence-electron chi connectivity index (χ1n) is 14.4. The third kappa shape index (κ3) is 3.39. The lowest BCUT2D eigenvalue weighted by molar-refractivity contribution is 0.669. The van der Waals surface area contributed by atoms with Crippen LogP contribution in [0.4, 0.5) is 17.1 Å². The molecule has 0 atom stereocenters. The minimum Gasteiger partial charge on any atom is -0.456 e. The van der Waals surface area contributed by atoms with Gasteiger partial charge in [0.1, 0.15) is 11.2 Å². The molecule has 0 aliphatic heterocycles. The molecule has 8 aromatic carbocycles. The maximum Gasteiger partial charge on any atom is 0.137 e. The summed E-state index contributed by atoms with van der Waals surface area (Å²) in [5, 5.41) is 12.3. The smallest absolute Gasteiger partial charge is 0.137 e. The topological polar surface area (TPSA) is 16.4 Å². The van der Waals surface area contributed by atoms with Crippen LogP contribution in [0.15, 0.2) is 156 Å². The summed E-state index contributed by atoms with van der Waals surface area (Å²) in [7, 11) is 0. The molecule has 1 aromatic heterocycles. The van der Waals surface area contributed by atoms with Crippen molar-refractivity contribution in [2.24, 2.45) is 0 Å². The Morgan fingerprint density at radius 1 is 0.357 bits per heavy atom. The van der Waals surface area contributed by atoms with Gasteiger partial charge in [-0.3, -0.25) is 0 Å². The summed E-state index contributed by atoms with van der Waals surface area (Å²) in [4.78, 5) is 2.35. The quantitative estimate of drug-likeness (QED) is 0.209. The average molecular weight is 536 g/mol. The molecule has 0 saturated carbocycles. The van der Waals surface area contributed by atoms with Crippen LogP contribution in [-0.2, 0) is 0 Å². The zero-order valence-electron chi connectivity index (χ0n) is 22.8. The lowest BCUT2D eigenvalue weighted by Gasteiger charge is -2.27. The molecule has 0 amide bonds. The fraction of sp³-hybridized carbons (Fsp3) is 0. The zero-order chi connectivity index (χ0) is 27.6. The predicted molar refractivity (Wildman–Crippen MR) is 178 cm³/mol. The molecular formula is C40H25NO. The molecular weight excluding hydrogens is 510 g/mol. The van der Waals surface area contributed by atoms with Crippen molar-refractivity contribution in [3.05, 3.63) is 152 Å². The van der Waals surface area contributed by atoms with Crippen LogP contribution in [0.5, 0.6) is 0 Å². The van der Waals surface area contributed by atoms with Gasteiger partial charge < -0.3 is 9.32 Å². The molecule has 0 N–H and O–H groups in total. The van der Waals surface area contributed by atoms with Crippen LogP contribution in [0.25, 0.3) is 65.0 Å². The summed E-state index contributed by atoms with van der Waals surface area (Å²) in [6, 6.07) is 54.3. The number of rotatable bonds is 3. The van der Waals surface area contributed by atoms with Gasteiger partial charge in [0.2, 0.25) is 0 Å². The molecule has 0 spiro atoms. The number of anilines is 3. The maximum atomic E-state index is 6.48. The molecule has 9 rings (SSSR count). The molecule has 0 fully saturated rings. The van der Waals surface area contributed by atoms with Gasteiger partial charge in [-0.15, -0.1) is 0 Å². The SMILES string of the molecule is c1ccc(N(c2ccc3c(c2)oc2ccc4ccccc4c23)c2cccc3c2ccc2c4ccccc4ccc32)cc1. The van der Waals surface area contributed by atoms with E-state index in [0.29, 0.717) is 0 Å². The Balaban J connectivity index is 1.30. The van der Waals surface area contributed by atoms with Crippen LogP contribution in [0.3, 0.4) is 0 Å². The average Bonchev–Trinajstić information content (AvgIpc) is 3.44. The van der Waals surface area contributed by atoms with E-state index in [1.807, 2.05) is 0 Å². The predicted octanol–water partition coefficient (Wildman–Crippen LogP) is 11.7. The maximum absolute atomic E-state index is 6.48. The van der Waals surface area contributed by atoms with Crippen LogP contribution in [0.2, 0.25) is 0 Å². The van der Waals surface area contributed by atoms with E-state index in [4.69, 9.17) is 4.42 Å². The summed E-state index contributed by atoms with van der Waals surface area (Å²) < 4.78 is 6.48. The second kappa shape index (κ2) is 8.95. The molecule has 0 aliphatic rings. The monoisotopic (exact) mass is 535 g/mol. The largest absolute Gasteiger partial charge is 0.456 e. The highest BCUT2D eigenvalue weighted by atomic mass is 16.3. The van der Waals surface area contributed by atoms with Gasteiger partial charge in [0, 0.05) is 33.6 Å². The Kier molecular flexibility index (Phi) is 4.93. The summed E-state index contributed by atoms with van der Waals surface area (Å²) in [5.74, 6) is 0. The zero-order valence-corrected chi connectivity index (χ0v) is 22.8. The number of nitrogens with zero attached hydrogens (tertiary/aromatic N) is 1. The standard InChI is InChI=1S/C40H25NO/c1-2-11-28(12-3-1)41(29-19-21-36-39(25-29)42-38-24-18-27-10-5-7-14-31(27)40(36)38)37-16-8-15-32-34-20-17-26-9-4-6-13-30(26)33(34)22-23-35(32)37/h1-25H. The van der Waals surface area contributed by atoms with E-state index in [0.717, 1.165) is 33.6 Å². The summed E-state index contributed by atoms with van der Waals surface area (Å²) in [6.07, 6.45) is 0. The van der Waals surface area contributed by atoms with Crippen LogP contribution in [0, 0.1) is 0 Å². The van der Waals surface area contributed by atoms with Gasteiger partial charge in [-0.2, -0.15) is 0 Å². The lowest BCUT2D eigenvalue weighted by Crippen LogP contribution is -2.10. The van der Waals surface area contributed by atoms with E-state index in [9.17, 15) is 0 Å². The van der Waals surface area contributed by atoms with Gasteiger partial charge in [0.05, 0.1) is 5.69 Å². The molecule has 0 unspecified atom stereocenters. The highest BCUT2D eigenvalue weighted by molar-refractivity contribution is 6.21. The van der Waals surface area contributed by atoms with Crippen molar-refractivity contribution >= 4 is 82.1 Å². The second-order valence-corrected chi connectivity index (χ2v) is 10.9. The van der Waals surface area contributed by atoms with E-state index in [-0.39, 0.29) is 0 Å². The molecule has 0 saturated heterocycles. The third-order valence-corrected chi connectivity index (χ3v) is 8.62. The number of para-hydroxylation sites is 1. The Hall–Kier alpha value is -5.60. The van der Waals surface area contributed by atoms with E-state index >= 15 is 0 Å². The van der Waals surface area contributed by atoms with Crippen molar-refractivity contribution in [2.75, 3.05) is 4.90 Å². The van der Waals surface area contributed by atoms with Gasteiger partial charge in [0.15, 0.2) is 0 Å². The summed E-state index contributed by atoms with van der Waals surface area (Å²) >= 11 is 0. The van der Waals surface area contributed by atoms with E-state index < -0.39 is 0 Å². The summed E-state index contributed by atoms with van der Waals surface area (Å²) in [6.45, 7) is 0. The molecule has 0 bridgehead atoms. The fourth-order valence-corrected chi connectivity index (χ4v) is 6.71. The third-order valence-electron chi connectivity index (χ3n) is 8.62. The van der Waals surface area contributed by atoms with E-state index in [1.165, 1.54) is 48.5 Å². The lowest BCUT2D eigenvalue weighted by atomic mass is 9.96. The second-order valence-electron chi connectivity index (χ2n) is 10.9. The fourth-order valence-electron chi connectivity index (χ4n) is 6.71. The minimum atomic E-state index is 0.886. The molecule has 1 heterocycles. The Labute approximate surface area is 242 Å². The number of furan rings is 1. The van der Waals surface area contributed by atoms with Gasteiger partial charge in [-0.25, -0.2) is 0 Å². The van der Waals surface area contributed by atoms with Crippen LogP contribution >= 0.6 is 0 Å².